The van der Waals surface area contributed by atoms with Crippen molar-refractivity contribution >= 4 is 11.8 Å². The van der Waals surface area contributed by atoms with Gasteiger partial charge in [-0.05, 0) is 23.3 Å². The van der Waals surface area contributed by atoms with Crippen molar-refractivity contribution in [3.05, 3.63) is 65.7 Å². The maximum Gasteiger partial charge on any atom is 0.237 e. The van der Waals surface area contributed by atoms with Crippen LogP contribution < -0.4 is 15.8 Å². The first-order valence-electron chi connectivity index (χ1n) is 9.73. The zero-order valence-corrected chi connectivity index (χ0v) is 16.4. The molecule has 3 rings (SSSR count). The number of nitrogens with one attached hydrogen (secondary N) is 1. The van der Waals surface area contributed by atoms with E-state index in [4.69, 9.17) is 15.2 Å². The quantitative estimate of drug-likeness (QED) is 0.668. The number of hydrogen-bond acceptors (Lipinski definition) is 5. The van der Waals surface area contributed by atoms with Gasteiger partial charge in [0.25, 0.3) is 0 Å². The highest BCUT2D eigenvalue weighted by molar-refractivity contribution is 5.84. The van der Waals surface area contributed by atoms with Gasteiger partial charge in [-0.3, -0.25) is 9.59 Å². The Hall–Kier alpha value is -2.90. The number of nitrogens with zero attached hydrogens (tertiary/aromatic N) is 1. The first-order chi connectivity index (χ1) is 14.1. The molecule has 1 fully saturated rings. The Bertz CT molecular complexity index is 789. The summed E-state index contributed by atoms with van der Waals surface area (Å²) < 4.78 is 11.2. The predicted octanol–water partition coefficient (Wildman–Crippen LogP) is 1.46. The Morgan fingerprint density at radius 1 is 1.10 bits per heavy atom. The molecule has 1 saturated heterocycles. The van der Waals surface area contributed by atoms with E-state index >= 15 is 0 Å². The third kappa shape index (κ3) is 6.89. The first-order valence-corrected chi connectivity index (χ1v) is 9.73. The van der Waals surface area contributed by atoms with E-state index in [9.17, 15) is 9.59 Å². The third-order valence-electron chi connectivity index (χ3n) is 4.66. The summed E-state index contributed by atoms with van der Waals surface area (Å²) in [7, 11) is 0. The third-order valence-corrected chi connectivity index (χ3v) is 4.66. The van der Waals surface area contributed by atoms with Crippen LogP contribution in [0.3, 0.4) is 0 Å². The van der Waals surface area contributed by atoms with E-state index in [0.29, 0.717) is 26.4 Å². The summed E-state index contributed by atoms with van der Waals surface area (Å²) in [6.45, 7) is 2.55. The predicted molar refractivity (Wildman–Crippen MR) is 109 cm³/mol. The van der Waals surface area contributed by atoms with E-state index in [-0.39, 0.29) is 24.9 Å². The van der Waals surface area contributed by atoms with Gasteiger partial charge in [-0.25, -0.2) is 0 Å². The number of primary amides is 1. The van der Waals surface area contributed by atoms with E-state index in [1.165, 1.54) is 4.90 Å². The van der Waals surface area contributed by atoms with Crippen molar-refractivity contribution < 1.29 is 19.1 Å². The molecule has 7 heteroatoms. The highest BCUT2D eigenvalue weighted by Crippen LogP contribution is 2.16. The molecule has 3 N–H and O–H groups in total. The average Bonchev–Trinajstić information content (AvgIpc) is 2.74. The minimum Gasteiger partial charge on any atom is -0.489 e. The summed E-state index contributed by atoms with van der Waals surface area (Å²) in [6.07, 6.45) is 0.269. The van der Waals surface area contributed by atoms with Crippen molar-refractivity contribution in [1.29, 1.82) is 0 Å². The van der Waals surface area contributed by atoms with Crippen LogP contribution in [0, 0.1) is 0 Å². The SMILES string of the molecule is NC(=O)CN(Cc1ccc(OCc2ccccc2)cc1)C(=O)CC1COCCN1. The van der Waals surface area contributed by atoms with Crippen LogP contribution in [0.15, 0.2) is 54.6 Å². The summed E-state index contributed by atoms with van der Waals surface area (Å²) in [5.41, 5.74) is 7.34. The zero-order valence-electron chi connectivity index (χ0n) is 16.4. The highest BCUT2D eigenvalue weighted by Gasteiger charge is 2.22. The van der Waals surface area contributed by atoms with Gasteiger partial charge in [0, 0.05) is 25.6 Å². The van der Waals surface area contributed by atoms with Gasteiger partial charge < -0.3 is 25.4 Å². The topological polar surface area (TPSA) is 93.9 Å². The lowest BCUT2D eigenvalue weighted by Crippen LogP contribution is -2.46. The number of carbonyl (C=O) groups excluding carboxylic acids is 2. The van der Waals surface area contributed by atoms with Gasteiger partial charge in [-0.2, -0.15) is 0 Å². The number of carbonyl (C=O) groups is 2. The molecule has 2 aromatic carbocycles. The van der Waals surface area contributed by atoms with Crippen molar-refractivity contribution in [2.75, 3.05) is 26.3 Å². The summed E-state index contributed by atoms with van der Waals surface area (Å²) in [6, 6.07) is 17.4. The maximum atomic E-state index is 12.7. The molecule has 2 amide bonds. The molecule has 1 aliphatic rings. The van der Waals surface area contributed by atoms with E-state index in [1.54, 1.807) is 0 Å². The summed E-state index contributed by atoms with van der Waals surface area (Å²) in [5.74, 6) is 0.0826. The van der Waals surface area contributed by atoms with E-state index in [1.807, 2.05) is 54.6 Å². The van der Waals surface area contributed by atoms with Crippen molar-refractivity contribution in [3.63, 3.8) is 0 Å². The van der Waals surface area contributed by atoms with E-state index in [2.05, 4.69) is 5.32 Å². The minimum atomic E-state index is -0.533. The number of amides is 2. The second kappa shape index (κ2) is 10.6. The fraction of sp³-hybridized carbons (Fsp3) is 0.364. The lowest BCUT2D eigenvalue weighted by Gasteiger charge is -2.27. The molecule has 0 saturated carbocycles. The minimum absolute atomic E-state index is 0.0413. The Balaban J connectivity index is 1.56. The zero-order chi connectivity index (χ0) is 20.5. The number of morpholine rings is 1. The van der Waals surface area contributed by atoms with Gasteiger partial charge in [0.15, 0.2) is 0 Å². The fourth-order valence-electron chi connectivity index (χ4n) is 3.16. The van der Waals surface area contributed by atoms with Crippen LogP contribution in [0.2, 0.25) is 0 Å². The highest BCUT2D eigenvalue weighted by atomic mass is 16.5. The maximum absolute atomic E-state index is 12.7. The molecule has 0 radical (unpaired) electrons. The van der Waals surface area contributed by atoms with Crippen LogP contribution in [-0.4, -0.2) is 49.1 Å². The van der Waals surface area contributed by atoms with Crippen molar-refractivity contribution in [3.8, 4) is 5.75 Å². The summed E-state index contributed by atoms with van der Waals surface area (Å²) in [4.78, 5) is 25.6. The lowest BCUT2D eigenvalue weighted by molar-refractivity contribution is -0.136. The van der Waals surface area contributed by atoms with Crippen LogP contribution in [0.25, 0.3) is 0 Å². The Morgan fingerprint density at radius 3 is 2.52 bits per heavy atom. The number of benzene rings is 2. The van der Waals surface area contributed by atoms with Crippen molar-refractivity contribution in [1.82, 2.24) is 10.2 Å². The molecule has 0 bridgehead atoms. The standard InChI is InChI=1S/C22H27N3O4/c23-21(26)14-25(22(27)12-19-16-28-11-10-24-19)13-17-6-8-20(9-7-17)29-15-18-4-2-1-3-5-18/h1-9,19,24H,10-16H2,(H2,23,26). The van der Waals surface area contributed by atoms with E-state index < -0.39 is 5.91 Å². The van der Waals surface area contributed by atoms with Gasteiger partial charge in [0.1, 0.15) is 12.4 Å². The number of rotatable bonds is 9. The molecule has 0 aliphatic carbocycles. The summed E-state index contributed by atoms with van der Waals surface area (Å²) >= 11 is 0. The largest absolute Gasteiger partial charge is 0.489 e. The molecule has 2 aromatic rings. The molecule has 1 heterocycles. The van der Waals surface area contributed by atoms with Crippen LogP contribution in [-0.2, 0) is 27.5 Å². The normalized spacial score (nSPS) is 16.2. The second-order valence-corrected chi connectivity index (χ2v) is 7.06. The van der Waals surface area contributed by atoms with Gasteiger partial charge in [-0.1, -0.05) is 42.5 Å². The average molecular weight is 397 g/mol. The molecule has 29 heavy (non-hydrogen) atoms. The summed E-state index contributed by atoms with van der Waals surface area (Å²) in [5, 5.41) is 3.25. The van der Waals surface area contributed by atoms with Crippen LogP contribution in [0.1, 0.15) is 17.5 Å². The number of nitrogens with two attached hydrogens (primary N) is 1. The monoisotopic (exact) mass is 397 g/mol. The fourth-order valence-corrected chi connectivity index (χ4v) is 3.16. The first kappa shape index (κ1) is 20.8. The molecule has 7 nitrogen and oxygen atoms in total. The lowest BCUT2D eigenvalue weighted by atomic mass is 10.1. The molecule has 0 aromatic heterocycles. The van der Waals surface area contributed by atoms with Crippen LogP contribution in [0.5, 0.6) is 5.75 Å². The molecule has 1 atom stereocenters. The molecule has 1 unspecified atom stereocenters. The number of ether oxygens (including phenoxy) is 2. The molecular weight excluding hydrogens is 370 g/mol. The Kier molecular flexibility index (Phi) is 7.61. The Morgan fingerprint density at radius 2 is 1.86 bits per heavy atom. The van der Waals surface area contributed by atoms with Crippen LogP contribution in [0.4, 0.5) is 0 Å². The van der Waals surface area contributed by atoms with Gasteiger partial charge >= 0.3 is 0 Å². The molecular formula is C22H27N3O4. The second-order valence-electron chi connectivity index (χ2n) is 7.06. The van der Waals surface area contributed by atoms with Gasteiger partial charge in [-0.15, -0.1) is 0 Å². The van der Waals surface area contributed by atoms with Gasteiger partial charge in [0.05, 0.1) is 19.8 Å². The molecule has 1 aliphatic heterocycles. The molecule has 154 valence electrons. The van der Waals surface area contributed by atoms with Crippen LogP contribution >= 0.6 is 0 Å². The van der Waals surface area contributed by atoms with Crippen molar-refractivity contribution in [2.45, 2.75) is 25.6 Å². The molecule has 0 spiro atoms. The van der Waals surface area contributed by atoms with Gasteiger partial charge in [0.2, 0.25) is 11.8 Å². The van der Waals surface area contributed by atoms with E-state index in [0.717, 1.165) is 23.4 Å². The number of hydrogen-bond donors (Lipinski definition) is 2. The Labute approximate surface area is 170 Å². The smallest absolute Gasteiger partial charge is 0.237 e. The van der Waals surface area contributed by atoms with Crippen molar-refractivity contribution in [2.24, 2.45) is 5.73 Å².